The summed E-state index contributed by atoms with van der Waals surface area (Å²) < 4.78 is 17.5. The number of carbonyl (C=O) groups excluding carboxylic acids is 1. The zero-order valence-corrected chi connectivity index (χ0v) is 16.7. The molecule has 0 radical (unpaired) electrons. The number of aliphatic hydroxyl groups excluding tert-OH is 1. The van der Waals surface area contributed by atoms with Crippen LogP contribution in [0.25, 0.3) is 0 Å². The summed E-state index contributed by atoms with van der Waals surface area (Å²) in [6.45, 7) is -0.254. The van der Waals surface area contributed by atoms with E-state index in [9.17, 15) is 9.90 Å². The maximum Gasteiger partial charge on any atom is 0.340 e. The number of halogens is 2. The number of aliphatic hydroxyl groups is 1. The smallest absolute Gasteiger partial charge is 0.340 e. The highest BCUT2D eigenvalue weighted by atomic mass is 35.5. The van der Waals surface area contributed by atoms with Gasteiger partial charge in [0.15, 0.2) is 5.60 Å². The molecular weight excluding hydrogens is 415 g/mol. The topological polar surface area (TPSA) is 65.0 Å². The molecule has 2 aliphatic rings. The quantitative estimate of drug-likeness (QED) is 0.577. The highest BCUT2D eigenvalue weighted by Crippen LogP contribution is 2.58. The van der Waals surface area contributed by atoms with Gasteiger partial charge in [-0.2, -0.15) is 0 Å². The van der Waals surface area contributed by atoms with Crippen LogP contribution in [0.1, 0.15) is 32.6 Å². The molecule has 0 fully saturated rings. The van der Waals surface area contributed by atoms with Gasteiger partial charge < -0.3 is 19.3 Å². The predicted octanol–water partition coefficient (Wildman–Crippen LogP) is 5.06. The van der Waals surface area contributed by atoms with Crippen LogP contribution >= 0.6 is 23.2 Å². The van der Waals surface area contributed by atoms with Crippen molar-refractivity contribution in [3.05, 3.63) is 86.4 Å². The van der Waals surface area contributed by atoms with Crippen molar-refractivity contribution < 1.29 is 24.1 Å². The molecule has 0 saturated heterocycles. The van der Waals surface area contributed by atoms with E-state index in [0.717, 1.165) is 0 Å². The number of carbonyl (C=O) groups is 1. The molecule has 0 amide bonds. The van der Waals surface area contributed by atoms with Crippen molar-refractivity contribution in [1.29, 1.82) is 0 Å². The molecule has 0 aromatic heterocycles. The summed E-state index contributed by atoms with van der Waals surface area (Å²) in [5.41, 5.74) is 1.49. The molecule has 5 nitrogen and oxygen atoms in total. The van der Waals surface area contributed by atoms with E-state index < -0.39 is 11.6 Å². The third kappa shape index (κ3) is 2.42. The van der Waals surface area contributed by atoms with Crippen LogP contribution in [0.3, 0.4) is 0 Å². The molecular formula is C22H14Cl2O5. The van der Waals surface area contributed by atoms with Crippen molar-refractivity contribution in [1.82, 2.24) is 0 Å². The van der Waals surface area contributed by atoms with Gasteiger partial charge in [0.2, 0.25) is 0 Å². The van der Waals surface area contributed by atoms with Crippen LogP contribution in [-0.2, 0) is 16.9 Å². The third-order valence-corrected chi connectivity index (χ3v) is 5.97. The fraction of sp³-hybridized carbons (Fsp3) is 0.136. The monoisotopic (exact) mass is 428 g/mol. The molecule has 1 atom stereocenters. The highest BCUT2D eigenvalue weighted by molar-refractivity contribution is 6.32. The van der Waals surface area contributed by atoms with E-state index in [1.54, 1.807) is 36.4 Å². The first-order valence-corrected chi connectivity index (χ1v) is 9.57. The van der Waals surface area contributed by atoms with Crippen molar-refractivity contribution in [2.24, 2.45) is 0 Å². The molecule has 0 bridgehead atoms. The Morgan fingerprint density at radius 1 is 1.00 bits per heavy atom. The van der Waals surface area contributed by atoms with E-state index in [4.69, 9.17) is 37.4 Å². The summed E-state index contributed by atoms with van der Waals surface area (Å²) in [5, 5.41) is 10.3. The zero-order chi connectivity index (χ0) is 20.3. The first kappa shape index (κ1) is 18.3. The molecule has 0 aliphatic carbocycles. The second-order valence-corrected chi connectivity index (χ2v) is 7.61. The van der Waals surface area contributed by atoms with Gasteiger partial charge in [0.05, 0.1) is 24.3 Å². The van der Waals surface area contributed by atoms with Crippen LogP contribution in [0.15, 0.2) is 48.5 Å². The Kier molecular flexibility index (Phi) is 4.03. The Morgan fingerprint density at radius 3 is 2.41 bits per heavy atom. The van der Waals surface area contributed by atoms with Crippen LogP contribution in [-0.4, -0.2) is 18.2 Å². The standard InChI is InChI=1S/C22H14Cl2O5/c1-27-20-9-19-15(8-17(20)24)22(13-5-3-2-4-12(13)21(26)29-22)14-7-16(23)11(10-25)6-18(14)28-19/h2-9,25H,10H2,1H3. The minimum atomic E-state index is -1.27. The predicted molar refractivity (Wildman–Crippen MR) is 107 cm³/mol. The average molecular weight is 429 g/mol. The van der Waals surface area contributed by atoms with E-state index in [1.165, 1.54) is 7.11 Å². The second-order valence-electron chi connectivity index (χ2n) is 6.80. The van der Waals surface area contributed by atoms with Crippen LogP contribution < -0.4 is 9.47 Å². The molecule has 1 spiro atoms. The van der Waals surface area contributed by atoms with E-state index in [2.05, 4.69) is 0 Å². The molecule has 1 N–H and O–H groups in total. The van der Waals surface area contributed by atoms with Crippen molar-refractivity contribution in [2.45, 2.75) is 12.2 Å². The summed E-state index contributed by atoms with van der Waals surface area (Å²) in [7, 11) is 1.51. The summed E-state index contributed by atoms with van der Waals surface area (Å²) in [6.07, 6.45) is 0. The average Bonchev–Trinajstić information content (AvgIpc) is 3.02. The van der Waals surface area contributed by atoms with Crippen molar-refractivity contribution >= 4 is 29.2 Å². The highest BCUT2D eigenvalue weighted by Gasteiger charge is 2.54. The summed E-state index contributed by atoms with van der Waals surface area (Å²) in [6, 6.07) is 13.8. The van der Waals surface area contributed by atoms with Crippen molar-refractivity contribution in [3.63, 3.8) is 0 Å². The summed E-state index contributed by atoms with van der Waals surface area (Å²) in [5.74, 6) is 0.848. The molecule has 0 saturated carbocycles. The van der Waals surface area contributed by atoms with E-state index in [1.807, 2.05) is 12.1 Å². The molecule has 5 rings (SSSR count). The molecule has 2 aliphatic heterocycles. The fourth-order valence-corrected chi connectivity index (χ4v) is 4.47. The number of hydrogen-bond acceptors (Lipinski definition) is 5. The van der Waals surface area contributed by atoms with E-state index >= 15 is 0 Å². The number of hydrogen-bond donors (Lipinski definition) is 1. The largest absolute Gasteiger partial charge is 0.495 e. The SMILES string of the molecule is COc1cc2c(cc1Cl)C1(OC(=O)c3ccccc31)c1cc(Cl)c(CO)cc1O2. The minimum Gasteiger partial charge on any atom is -0.495 e. The molecule has 3 aromatic rings. The van der Waals surface area contributed by atoms with Gasteiger partial charge in [-0.3, -0.25) is 0 Å². The molecule has 146 valence electrons. The second kappa shape index (κ2) is 6.39. The summed E-state index contributed by atoms with van der Waals surface area (Å²) >= 11 is 12.8. The fourth-order valence-electron chi connectivity index (χ4n) is 4.01. The lowest BCUT2D eigenvalue weighted by molar-refractivity contribution is 0.0224. The maximum absolute atomic E-state index is 12.8. The van der Waals surface area contributed by atoms with Gasteiger partial charge in [0, 0.05) is 27.8 Å². The number of ether oxygens (including phenoxy) is 3. The van der Waals surface area contributed by atoms with Gasteiger partial charge in [0.1, 0.15) is 17.2 Å². The summed E-state index contributed by atoms with van der Waals surface area (Å²) in [4.78, 5) is 12.8. The Bertz CT molecular complexity index is 1130. The molecule has 1 unspecified atom stereocenters. The molecule has 2 heterocycles. The Labute approximate surface area is 176 Å². The van der Waals surface area contributed by atoms with E-state index in [0.29, 0.717) is 55.1 Å². The van der Waals surface area contributed by atoms with Gasteiger partial charge in [-0.25, -0.2) is 4.79 Å². The van der Waals surface area contributed by atoms with Crippen molar-refractivity contribution in [3.8, 4) is 17.2 Å². The van der Waals surface area contributed by atoms with Crippen molar-refractivity contribution in [2.75, 3.05) is 7.11 Å². The number of fused-ring (bicyclic) bond motifs is 6. The molecule has 7 heteroatoms. The zero-order valence-electron chi connectivity index (χ0n) is 15.2. The Hall–Kier alpha value is -2.73. The first-order chi connectivity index (χ1) is 14.0. The van der Waals surface area contributed by atoms with Gasteiger partial charge in [0.25, 0.3) is 0 Å². The first-order valence-electron chi connectivity index (χ1n) is 8.82. The lowest BCUT2D eigenvalue weighted by Crippen LogP contribution is -2.33. The van der Waals surface area contributed by atoms with Crippen LogP contribution in [0.5, 0.6) is 17.2 Å². The van der Waals surface area contributed by atoms with E-state index in [-0.39, 0.29) is 6.61 Å². The number of methoxy groups -OCH3 is 1. The van der Waals surface area contributed by atoms with Gasteiger partial charge in [-0.15, -0.1) is 0 Å². The number of benzene rings is 3. The van der Waals surface area contributed by atoms with Crippen LogP contribution in [0.2, 0.25) is 10.0 Å². The molecule has 3 aromatic carbocycles. The lowest BCUT2D eigenvalue weighted by Gasteiger charge is -2.37. The van der Waals surface area contributed by atoms with Gasteiger partial charge in [-0.05, 0) is 29.8 Å². The normalized spacial score (nSPS) is 18.6. The Balaban J connectivity index is 1.90. The van der Waals surface area contributed by atoms with Crippen LogP contribution in [0.4, 0.5) is 0 Å². The minimum absolute atomic E-state index is 0.254. The van der Waals surface area contributed by atoms with Crippen LogP contribution in [0, 0.1) is 0 Å². The lowest BCUT2D eigenvalue weighted by atomic mass is 9.77. The maximum atomic E-state index is 12.8. The third-order valence-electron chi connectivity index (χ3n) is 5.32. The van der Waals surface area contributed by atoms with Gasteiger partial charge in [-0.1, -0.05) is 41.4 Å². The number of esters is 1. The Morgan fingerprint density at radius 2 is 1.69 bits per heavy atom. The van der Waals surface area contributed by atoms with Gasteiger partial charge >= 0.3 is 5.97 Å². The molecule has 29 heavy (non-hydrogen) atoms. The number of rotatable bonds is 2.